The second kappa shape index (κ2) is 7.97. The van der Waals surface area contributed by atoms with E-state index in [1.807, 2.05) is 51.1 Å². The highest BCUT2D eigenvalue weighted by atomic mass is 16.3. The summed E-state index contributed by atoms with van der Waals surface area (Å²) in [5, 5.41) is 15.9. The molecular formula is C19H29N3O3. The van der Waals surface area contributed by atoms with Crippen LogP contribution in [0.25, 0.3) is 0 Å². The van der Waals surface area contributed by atoms with Crippen molar-refractivity contribution in [3.8, 4) is 0 Å². The molecule has 1 heterocycles. The molecule has 1 aromatic carbocycles. The van der Waals surface area contributed by atoms with E-state index < -0.39 is 18.2 Å². The predicted octanol–water partition coefficient (Wildman–Crippen LogP) is 0.899. The van der Waals surface area contributed by atoms with Crippen LogP contribution < -0.4 is 10.6 Å². The zero-order valence-corrected chi connectivity index (χ0v) is 15.5. The highest BCUT2D eigenvalue weighted by molar-refractivity contribution is 5.91. The number of hydrogen-bond donors (Lipinski definition) is 3. The van der Waals surface area contributed by atoms with Gasteiger partial charge in [-0.2, -0.15) is 0 Å². The number of benzene rings is 1. The Bertz CT molecular complexity index is 598. The standard InChI is InChI=1S/C19H29N3O3/c1-19(2,3)16(20-4)18(25)22-12-14(23)10-15(22)17(24)21-11-13-8-6-5-7-9-13/h5-9,14-16,20,23H,10-12H2,1-4H3,(H,21,24). The minimum Gasteiger partial charge on any atom is -0.391 e. The van der Waals surface area contributed by atoms with Crippen LogP contribution in [0, 0.1) is 5.41 Å². The number of β-amino-alcohol motifs (C(OH)–C–C–N with tert-alkyl or cyclic N) is 1. The second-order valence-corrected chi connectivity index (χ2v) is 7.69. The Hall–Kier alpha value is -1.92. The average molecular weight is 347 g/mol. The molecule has 3 atom stereocenters. The molecule has 0 spiro atoms. The fourth-order valence-electron chi connectivity index (χ4n) is 3.30. The Kier molecular flexibility index (Phi) is 6.19. The Morgan fingerprint density at radius 2 is 1.92 bits per heavy atom. The lowest BCUT2D eigenvalue weighted by molar-refractivity contribution is -0.142. The number of rotatable bonds is 5. The summed E-state index contributed by atoms with van der Waals surface area (Å²) in [6.07, 6.45) is -0.402. The molecule has 1 saturated heterocycles. The molecule has 1 aliphatic rings. The van der Waals surface area contributed by atoms with E-state index in [2.05, 4.69) is 10.6 Å². The van der Waals surface area contributed by atoms with Crippen molar-refractivity contribution < 1.29 is 14.7 Å². The monoisotopic (exact) mass is 347 g/mol. The highest BCUT2D eigenvalue weighted by Crippen LogP contribution is 2.25. The SMILES string of the molecule is CNC(C(=O)N1CC(O)CC1C(=O)NCc1ccccc1)C(C)(C)C. The van der Waals surface area contributed by atoms with Crippen LogP contribution in [0.4, 0.5) is 0 Å². The van der Waals surface area contributed by atoms with E-state index >= 15 is 0 Å². The van der Waals surface area contributed by atoms with Crippen LogP contribution in [0.5, 0.6) is 0 Å². The molecule has 0 bridgehead atoms. The number of nitrogens with zero attached hydrogens (tertiary/aromatic N) is 1. The van der Waals surface area contributed by atoms with Gasteiger partial charge in [0.1, 0.15) is 6.04 Å². The van der Waals surface area contributed by atoms with Crippen molar-refractivity contribution in [2.45, 2.75) is 51.9 Å². The van der Waals surface area contributed by atoms with Crippen molar-refractivity contribution in [1.82, 2.24) is 15.5 Å². The fourth-order valence-corrected chi connectivity index (χ4v) is 3.30. The van der Waals surface area contributed by atoms with E-state index in [-0.39, 0.29) is 30.2 Å². The molecule has 0 radical (unpaired) electrons. The van der Waals surface area contributed by atoms with Gasteiger partial charge in [0, 0.05) is 19.5 Å². The fraction of sp³-hybridized carbons (Fsp3) is 0.579. The first-order valence-corrected chi connectivity index (χ1v) is 8.71. The van der Waals surface area contributed by atoms with E-state index in [1.54, 1.807) is 7.05 Å². The molecule has 3 N–H and O–H groups in total. The summed E-state index contributed by atoms with van der Waals surface area (Å²) in [7, 11) is 1.74. The Morgan fingerprint density at radius 3 is 2.48 bits per heavy atom. The first kappa shape index (κ1) is 19.4. The first-order valence-electron chi connectivity index (χ1n) is 8.71. The van der Waals surface area contributed by atoms with E-state index in [0.717, 1.165) is 5.56 Å². The van der Waals surface area contributed by atoms with Crippen LogP contribution >= 0.6 is 0 Å². The number of likely N-dealkylation sites (N-methyl/N-ethyl adjacent to an activating group) is 1. The van der Waals surface area contributed by atoms with Crippen LogP contribution in [0.1, 0.15) is 32.8 Å². The van der Waals surface area contributed by atoms with Gasteiger partial charge in [-0.15, -0.1) is 0 Å². The van der Waals surface area contributed by atoms with Crippen molar-refractivity contribution in [2.24, 2.45) is 5.41 Å². The summed E-state index contributed by atoms with van der Waals surface area (Å²) in [6, 6.07) is 8.57. The van der Waals surface area contributed by atoms with Gasteiger partial charge < -0.3 is 20.6 Å². The molecule has 6 nitrogen and oxygen atoms in total. The van der Waals surface area contributed by atoms with Crippen molar-refractivity contribution in [1.29, 1.82) is 0 Å². The number of amides is 2. The number of nitrogens with one attached hydrogen (secondary N) is 2. The number of carbonyl (C=O) groups is 2. The molecule has 1 aromatic rings. The third-order valence-corrected chi connectivity index (χ3v) is 4.58. The third kappa shape index (κ3) is 4.80. The minimum absolute atomic E-state index is 0.147. The number of aliphatic hydroxyl groups is 1. The molecule has 1 aliphatic heterocycles. The number of carbonyl (C=O) groups excluding carboxylic acids is 2. The predicted molar refractivity (Wildman–Crippen MR) is 96.7 cm³/mol. The first-order chi connectivity index (χ1) is 11.7. The van der Waals surface area contributed by atoms with E-state index in [1.165, 1.54) is 4.90 Å². The van der Waals surface area contributed by atoms with Crippen LogP contribution in [-0.2, 0) is 16.1 Å². The van der Waals surface area contributed by atoms with Gasteiger partial charge in [-0.25, -0.2) is 0 Å². The van der Waals surface area contributed by atoms with Gasteiger partial charge in [0.15, 0.2) is 0 Å². The van der Waals surface area contributed by atoms with Crippen LogP contribution in [0.15, 0.2) is 30.3 Å². The van der Waals surface area contributed by atoms with Gasteiger partial charge >= 0.3 is 0 Å². The van der Waals surface area contributed by atoms with Gasteiger partial charge in [-0.3, -0.25) is 9.59 Å². The maximum Gasteiger partial charge on any atom is 0.243 e. The average Bonchev–Trinajstić information content (AvgIpc) is 2.95. The molecule has 3 unspecified atom stereocenters. The molecule has 25 heavy (non-hydrogen) atoms. The van der Waals surface area contributed by atoms with Crippen molar-refractivity contribution in [3.05, 3.63) is 35.9 Å². The molecule has 0 saturated carbocycles. The third-order valence-electron chi connectivity index (χ3n) is 4.58. The smallest absolute Gasteiger partial charge is 0.243 e. The molecule has 0 aliphatic carbocycles. The lowest BCUT2D eigenvalue weighted by atomic mass is 9.86. The lowest BCUT2D eigenvalue weighted by Gasteiger charge is -2.34. The van der Waals surface area contributed by atoms with E-state index in [0.29, 0.717) is 6.54 Å². The molecule has 138 valence electrons. The summed E-state index contributed by atoms with van der Waals surface area (Å²) in [5.41, 5.74) is 0.708. The van der Waals surface area contributed by atoms with Gasteiger partial charge in [-0.1, -0.05) is 51.1 Å². The van der Waals surface area contributed by atoms with Gasteiger partial charge in [0.05, 0.1) is 12.1 Å². The topological polar surface area (TPSA) is 81.7 Å². The zero-order valence-electron chi connectivity index (χ0n) is 15.5. The van der Waals surface area contributed by atoms with Crippen molar-refractivity contribution >= 4 is 11.8 Å². The van der Waals surface area contributed by atoms with Crippen molar-refractivity contribution in [3.63, 3.8) is 0 Å². The number of likely N-dealkylation sites (tertiary alicyclic amines) is 1. The normalized spacial score (nSPS) is 21.9. The summed E-state index contributed by atoms with van der Waals surface area (Å²) in [5.74, 6) is -0.371. The second-order valence-electron chi connectivity index (χ2n) is 7.69. The lowest BCUT2D eigenvalue weighted by Crippen LogP contribution is -2.55. The van der Waals surface area contributed by atoms with E-state index in [4.69, 9.17) is 0 Å². The maximum absolute atomic E-state index is 12.9. The highest BCUT2D eigenvalue weighted by Gasteiger charge is 2.43. The van der Waals surface area contributed by atoms with Crippen LogP contribution in [0.3, 0.4) is 0 Å². The molecule has 2 rings (SSSR count). The molecule has 6 heteroatoms. The van der Waals surface area contributed by atoms with Gasteiger partial charge in [0.25, 0.3) is 0 Å². The Morgan fingerprint density at radius 1 is 1.28 bits per heavy atom. The summed E-state index contributed by atoms with van der Waals surface area (Å²) in [4.78, 5) is 27.0. The molecule has 0 aromatic heterocycles. The molecule has 1 fully saturated rings. The summed E-state index contributed by atoms with van der Waals surface area (Å²) in [6.45, 7) is 6.52. The Labute approximate surface area is 149 Å². The Balaban J connectivity index is 2.07. The zero-order chi connectivity index (χ0) is 18.6. The largest absolute Gasteiger partial charge is 0.391 e. The number of hydrogen-bond acceptors (Lipinski definition) is 4. The van der Waals surface area contributed by atoms with Crippen LogP contribution in [-0.4, -0.2) is 53.6 Å². The quantitative estimate of drug-likeness (QED) is 0.739. The number of aliphatic hydroxyl groups excluding tert-OH is 1. The van der Waals surface area contributed by atoms with Gasteiger partial charge in [0.2, 0.25) is 11.8 Å². The van der Waals surface area contributed by atoms with Crippen LogP contribution in [0.2, 0.25) is 0 Å². The summed E-state index contributed by atoms with van der Waals surface area (Å²) < 4.78 is 0. The maximum atomic E-state index is 12.9. The minimum atomic E-state index is -0.672. The molecule has 2 amide bonds. The van der Waals surface area contributed by atoms with Gasteiger partial charge in [-0.05, 0) is 18.0 Å². The summed E-state index contributed by atoms with van der Waals surface area (Å²) >= 11 is 0. The van der Waals surface area contributed by atoms with E-state index in [9.17, 15) is 14.7 Å². The molecular weight excluding hydrogens is 318 g/mol. The van der Waals surface area contributed by atoms with Crippen molar-refractivity contribution in [2.75, 3.05) is 13.6 Å².